The van der Waals surface area contributed by atoms with Crippen molar-refractivity contribution in [2.24, 2.45) is 0 Å². The first-order valence-corrected chi connectivity index (χ1v) is 6.16. The van der Waals surface area contributed by atoms with Crippen molar-refractivity contribution in [3.63, 3.8) is 0 Å². The summed E-state index contributed by atoms with van der Waals surface area (Å²) in [6.45, 7) is 0.574. The minimum absolute atomic E-state index is 0.0715. The topological polar surface area (TPSA) is 78.4 Å². The van der Waals surface area contributed by atoms with E-state index in [9.17, 15) is 9.59 Å². The van der Waals surface area contributed by atoms with Gasteiger partial charge in [-0.2, -0.15) is 0 Å². The predicted octanol–water partition coefficient (Wildman–Crippen LogP) is 1.78. The van der Waals surface area contributed by atoms with Crippen molar-refractivity contribution in [1.82, 2.24) is 10.6 Å². The highest BCUT2D eigenvalue weighted by Crippen LogP contribution is 2.21. The van der Waals surface area contributed by atoms with Crippen LogP contribution in [0.2, 0.25) is 0 Å². The Balaban J connectivity index is 2.17. The Hall–Kier alpha value is -1.08. The Morgan fingerprint density at radius 1 is 1.38 bits per heavy atom. The summed E-state index contributed by atoms with van der Waals surface area (Å²) in [6.07, 6.45) is -0.0715. The molecule has 5 nitrogen and oxygen atoms in total. The van der Waals surface area contributed by atoms with Gasteiger partial charge in [0.2, 0.25) is 0 Å². The normalized spacial score (nSPS) is 9.81. The Morgan fingerprint density at radius 3 is 2.69 bits per heavy atom. The summed E-state index contributed by atoms with van der Waals surface area (Å²) in [4.78, 5) is 22.4. The number of carbonyl (C=O) groups is 2. The van der Waals surface area contributed by atoms with Crippen LogP contribution in [-0.4, -0.2) is 23.7 Å². The maximum atomic E-state index is 11.2. The number of halogens is 1. The highest BCUT2D eigenvalue weighted by atomic mass is 79.9. The predicted molar refractivity (Wildman–Crippen MR) is 64.5 cm³/mol. The van der Waals surface area contributed by atoms with Gasteiger partial charge in [0.1, 0.15) is 0 Å². The number of hydrogen-bond acceptors (Lipinski definition) is 3. The van der Waals surface area contributed by atoms with E-state index in [-0.39, 0.29) is 19.0 Å². The second-order valence-electron chi connectivity index (χ2n) is 2.96. The van der Waals surface area contributed by atoms with E-state index in [1.54, 1.807) is 0 Å². The maximum absolute atomic E-state index is 11.2. The zero-order valence-electron chi connectivity index (χ0n) is 8.33. The molecule has 0 fully saturated rings. The molecule has 1 aromatic heterocycles. The molecule has 0 radical (unpaired) electrons. The van der Waals surface area contributed by atoms with E-state index in [0.29, 0.717) is 6.54 Å². The molecule has 0 atom stereocenters. The molecule has 0 unspecified atom stereocenters. The molecular weight excluding hydrogens is 296 g/mol. The molecule has 88 valence electrons. The number of aliphatic carboxylic acids is 1. The minimum atomic E-state index is -0.928. The lowest BCUT2D eigenvalue weighted by Crippen LogP contribution is -2.36. The van der Waals surface area contributed by atoms with Crippen LogP contribution in [0.5, 0.6) is 0 Å². The summed E-state index contributed by atoms with van der Waals surface area (Å²) in [7, 11) is 0. The molecule has 1 aromatic rings. The number of carboxylic acids is 1. The van der Waals surface area contributed by atoms with E-state index < -0.39 is 5.97 Å². The molecule has 0 saturated heterocycles. The van der Waals surface area contributed by atoms with Crippen LogP contribution in [-0.2, 0) is 11.3 Å². The van der Waals surface area contributed by atoms with Gasteiger partial charge < -0.3 is 15.7 Å². The molecule has 1 rings (SSSR count). The molecule has 2 amide bonds. The third kappa shape index (κ3) is 5.13. The number of thiophene rings is 1. The first kappa shape index (κ1) is 13.0. The van der Waals surface area contributed by atoms with E-state index in [1.807, 2.05) is 12.1 Å². The number of amides is 2. The number of hydrogen-bond donors (Lipinski definition) is 3. The molecule has 0 aliphatic carbocycles. The van der Waals surface area contributed by atoms with Gasteiger partial charge >= 0.3 is 12.0 Å². The fourth-order valence-electron chi connectivity index (χ4n) is 0.960. The zero-order valence-corrected chi connectivity index (χ0v) is 10.7. The molecule has 16 heavy (non-hydrogen) atoms. The fraction of sp³-hybridized carbons (Fsp3) is 0.333. The molecule has 1 heterocycles. The number of nitrogens with one attached hydrogen (secondary N) is 2. The smallest absolute Gasteiger partial charge is 0.315 e. The average Bonchev–Trinajstić information content (AvgIpc) is 2.61. The molecule has 0 saturated carbocycles. The zero-order chi connectivity index (χ0) is 12.0. The quantitative estimate of drug-likeness (QED) is 0.776. The van der Waals surface area contributed by atoms with Gasteiger partial charge in [-0.15, -0.1) is 11.3 Å². The number of carbonyl (C=O) groups excluding carboxylic acids is 1. The van der Waals surface area contributed by atoms with Gasteiger partial charge in [-0.3, -0.25) is 4.79 Å². The first-order chi connectivity index (χ1) is 7.58. The van der Waals surface area contributed by atoms with Crippen LogP contribution in [0.4, 0.5) is 4.79 Å². The first-order valence-electron chi connectivity index (χ1n) is 4.55. The molecule has 0 spiro atoms. The molecular formula is C9H11BrN2O3S. The monoisotopic (exact) mass is 306 g/mol. The number of urea groups is 1. The number of carboxylic acid groups (broad SMARTS) is 1. The van der Waals surface area contributed by atoms with E-state index in [4.69, 9.17) is 5.11 Å². The summed E-state index contributed by atoms with van der Waals surface area (Å²) in [6, 6.07) is 3.46. The van der Waals surface area contributed by atoms with E-state index in [1.165, 1.54) is 11.3 Å². The summed E-state index contributed by atoms with van der Waals surface area (Å²) < 4.78 is 1.01. The van der Waals surface area contributed by atoms with Crippen molar-refractivity contribution in [3.8, 4) is 0 Å². The Morgan fingerprint density at radius 2 is 2.12 bits per heavy atom. The van der Waals surface area contributed by atoms with Crippen LogP contribution in [0.15, 0.2) is 15.9 Å². The lowest BCUT2D eigenvalue weighted by Gasteiger charge is -2.04. The average molecular weight is 307 g/mol. The highest BCUT2D eigenvalue weighted by molar-refractivity contribution is 9.11. The van der Waals surface area contributed by atoms with Gasteiger partial charge in [0.15, 0.2) is 0 Å². The summed E-state index contributed by atoms with van der Waals surface area (Å²) in [5.41, 5.74) is 0. The van der Waals surface area contributed by atoms with Crippen molar-refractivity contribution in [2.75, 3.05) is 6.54 Å². The molecule has 0 aliphatic heterocycles. The number of rotatable bonds is 5. The van der Waals surface area contributed by atoms with Crippen LogP contribution < -0.4 is 10.6 Å². The summed E-state index contributed by atoms with van der Waals surface area (Å²) in [5, 5.41) is 13.4. The Labute approximate surface area is 105 Å². The van der Waals surface area contributed by atoms with Gasteiger partial charge in [0.25, 0.3) is 0 Å². The molecule has 7 heteroatoms. The third-order valence-corrected chi connectivity index (χ3v) is 3.30. The Bertz CT molecular complexity index is 381. The maximum Gasteiger partial charge on any atom is 0.315 e. The van der Waals surface area contributed by atoms with Crippen molar-refractivity contribution in [3.05, 3.63) is 20.8 Å². The largest absolute Gasteiger partial charge is 0.481 e. The standard InChI is InChI=1S/C9H11BrN2O3S/c10-7-2-1-6(16-7)5-12-9(15)11-4-3-8(13)14/h1-2H,3-5H2,(H,13,14)(H2,11,12,15). The van der Waals surface area contributed by atoms with Gasteiger partial charge in [0, 0.05) is 11.4 Å². The second-order valence-corrected chi connectivity index (χ2v) is 5.51. The highest BCUT2D eigenvalue weighted by Gasteiger charge is 2.03. The van der Waals surface area contributed by atoms with Crippen molar-refractivity contribution >= 4 is 39.3 Å². The van der Waals surface area contributed by atoms with Crippen molar-refractivity contribution in [2.45, 2.75) is 13.0 Å². The van der Waals surface area contributed by atoms with Gasteiger partial charge in [-0.05, 0) is 28.1 Å². The van der Waals surface area contributed by atoms with Crippen molar-refractivity contribution < 1.29 is 14.7 Å². The van der Waals surface area contributed by atoms with Crippen LogP contribution in [0.3, 0.4) is 0 Å². The second kappa shape index (κ2) is 6.49. The third-order valence-electron chi connectivity index (χ3n) is 1.68. The van der Waals surface area contributed by atoms with E-state index >= 15 is 0 Å². The molecule has 3 N–H and O–H groups in total. The van der Waals surface area contributed by atoms with Gasteiger partial charge in [-0.1, -0.05) is 0 Å². The molecule has 0 aliphatic rings. The Kier molecular flexibility index (Phi) is 5.27. The SMILES string of the molecule is O=C(O)CCNC(=O)NCc1ccc(Br)s1. The van der Waals surface area contributed by atoms with Crippen molar-refractivity contribution in [1.29, 1.82) is 0 Å². The minimum Gasteiger partial charge on any atom is -0.481 e. The van der Waals surface area contributed by atoms with Gasteiger partial charge in [-0.25, -0.2) is 4.79 Å². The van der Waals surface area contributed by atoms with Crippen LogP contribution in [0.25, 0.3) is 0 Å². The van der Waals surface area contributed by atoms with E-state index in [0.717, 1.165) is 8.66 Å². The summed E-state index contributed by atoms with van der Waals surface area (Å²) in [5.74, 6) is -0.928. The fourth-order valence-corrected chi connectivity index (χ4v) is 2.38. The lowest BCUT2D eigenvalue weighted by atomic mass is 10.4. The molecule has 0 aromatic carbocycles. The van der Waals surface area contributed by atoms with Crippen LogP contribution in [0, 0.1) is 0 Å². The van der Waals surface area contributed by atoms with E-state index in [2.05, 4.69) is 26.6 Å². The lowest BCUT2D eigenvalue weighted by molar-refractivity contribution is -0.136. The van der Waals surface area contributed by atoms with Crippen LogP contribution in [0.1, 0.15) is 11.3 Å². The summed E-state index contributed by atoms with van der Waals surface area (Å²) >= 11 is 4.86. The van der Waals surface area contributed by atoms with Gasteiger partial charge in [0.05, 0.1) is 16.8 Å². The van der Waals surface area contributed by atoms with Crippen LogP contribution >= 0.6 is 27.3 Å². The molecule has 0 bridgehead atoms.